The molecule has 1 unspecified atom stereocenters. The number of aryl methyl sites for hydroxylation is 2. The lowest BCUT2D eigenvalue weighted by Gasteiger charge is -2.18. The Balaban J connectivity index is 1.73. The fourth-order valence-corrected chi connectivity index (χ4v) is 4.82. The van der Waals surface area contributed by atoms with Gasteiger partial charge in [0.1, 0.15) is 0 Å². The van der Waals surface area contributed by atoms with E-state index in [0.29, 0.717) is 23.1 Å². The lowest BCUT2D eigenvalue weighted by atomic mass is 9.99. The van der Waals surface area contributed by atoms with Crippen molar-refractivity contribution in [2.75, 3.05) is 0 Å². The summed E-state index contributed by atoms with van der Waals surface area (Å²) >= 11 is 0. The number of ketones is 1. The number of Topliss-reactive ketones (excluding diaryl/α,β-unsaturated/α-hetero) is 1. The van der Waals surface area contributed by atoms with Crippen molar-refractivity contribution in [3.63, 3.8) is 0 Å². The van der Waals surface area contributed by atoms with Crippen LogP contribution in [0.5, 0.6) is 0 Å². The van der Waals surface area contributed by atoms with Crippen LogP contribution in [0.25, 0.3) is 10.9 Å². The Morgan fingerprint density at radius 3 is 2.58 bits per heavy atom. The summed E-state index contributed by atoms with van der Waals surface area (Å²) in [7, 11) is 0. The van der Waals surface area contributed by atoms with Crippen LogP contribution in [0.3, 0.4) is 0 Å². The first-order valence-corrected chi connectivity index (χ1v) is 11.1. The number of hydrogen-bond donors (Lipinski definition) is 1. The van der Waals surface area contributed by atoms with Gasteiger partial charge in [0.15, 0.2) is 5.78 Å². The summed E-state index contributed by atoms with van der Waals surface area (Å²) < 4.78 is 2.17. The zero-order valence-electron chi connectivity index (χ0n) is 19.4. The molecule has 0 bridgehead atoms. The lowest BCUT2D eigenvalue weighted by Crippen LogP contribution is -2.17. The highest BCUT2D eigenvalue weighted by molar-refractivity contribution is 6.09. The number of carbonyl (C=O) groups excluding carboxylic acids is 1. The molecule has 0 spiro atoms. The predicted molar refractivity (Wildman–Crippen MR) is 131 cm³/mol. The Bertz CT molecular complexity index is 1470. The first-order chi connectivity index (χ1) is 15.8. The van der Waals surface area contributed by atoms with Crippen LogP contribution in [0.4, 0.5) is 0 Å². The van der Waals surface area contributed by atoms with Crippen LogP contribution < -0.4 is 5.56 Å². The van der Waals surface area contributed by atoms with Gasteiger partial charge in [-0.3, -0.25) is 9.59 Å². The van der Waals surface area contributed by atoms with Gasteiger partial charge in [-0.05, 0) is 69.5 Å². The molecule has 0 aliphatic heterocycles. The molecule has 0 amide bonds. The third kappa shape index (κ3) is 4.12. The van der Waals surface area contributed by atoms with Crippen molar-refractivity contribution in [3.05, 3.63) is 104 Å². The second kappa shape index (κ2) is 8.91. The number of nitrogens with one attached hydrogen (secondary N) is 1. The predicted octanol–water partition coefficient (Wildman–Crippen LogP) is 5.55. The number of carbonyl (C=O) groups is 1. The van der Waals surface area contributed by atoms with Gasteiger partial charge in [-0.2, -0.15) is 5.26 Å². The molecule has 2 aromatic carbocycles. The van der Waals surface area contributed by atoms with E-state index < -0.39 is 0 Å². The molecule has 5 heteroatoms. The maximum atomic E-state index is 13.4. The summed E-state index contributed by atoms with van der Waals surface area (Å²) in [6.07, 6.45) is 0.666. The van der Waals surface area contributed by atoms with Crippen molar-refractivity contribution in [2.45, 2.75) is 46.6 Å². The van der Waals surface area contributed by atoms with Crippen LogP contribution >= 0.6 is 0 Å². The van der Waals surface area contributed by atoms with Crippen molar-refractivity contribution >= 4 is 16.7 Å². The first-order valence-electron chi connectivity index (χ1n) is 11.1. The fourth-order valence-electron chi connectivity index (χ4n) is 4.82. The van der Waals surface area contributed by atoms with E-state index >= 15 is 0 Å². The van der Waals surface area contributed by atoms with E-state index in [1.54, 1.807) is 6.07 Å². The highest BCUT2D eigenvalue weighted by Crippen LogP contribution is 2.33. The Labute approximate surface area is 193 Å². The molecular formula is C28H27N3O2. The minimum absolute atomic E-state index is 0.0276. The van der Waals surface area contributed by atoms with Gasteiger partial charge < -0.3 is 9.55 Å². The Morgan fingerprint density at radius 1 is 1.09 bits per heavy atom. The van der Waals surface area contributed by atoms with Crippen molar-refractivity contribution in [1.82, 2.24) is 9.55 Å². The SMILES string of the molecule is Cc1cc(C)c(CCC(=O)c2c(C)n(C(C)c3cccc(C#N)c3)c3ccccc23)c(=O)[nH]1. The number of nitriles is 1. The van der Waals surface area contributed by atoms with Crippen LogP contribution in [-0.2, 0) is 6.42 Å². The zero-order valence-corrected chi connectivity index (χ0v) is 19.4. The number of pyridine rings is 1. The molecule has 1 N–H and O–H groups in total. The van der Waals surface area contributed by atoms with Gasteiger partial charge in [-0.15, -0.1) is 0 Å². The highest BCUT2D eigenvalue weighted by atomic mass is 16.1. The molecule has 2 aromatic heterocycles. The minimum atomic E-state index is -0.120. The maximum absolute atomic E-state index is 13.4. The van der Waals surface area contributed by atoms with Gasteiger partial charge in [-0.1, -0.05) is 30.3 Å². The third-order valence-corrected chi connectivity index (χ3v) is 6.42. The average molecular weight is 438 g/mol. The van der Waals surface area contributed by atoms with Crippen LogP contribution in [0, 0.1) is 32.1 Å². The average Bonchev–Trinajstić information content (AvgIpc) is 3.09. The molecule has 0 radical (unpaired) electrons. The molecular weight excluding hydrogens is 410 g/mol. The van der Waals surface area contributed by atoms with Crippen LogP contribution in [-0.4, -0.2) is 15.3 Å². The normalized spacial score (nSPS) is 12.0. The number of H-pyrrole nitrogens is 1. The summed E-state index contributed by atoms with van der Waals surface area (Å²) in [5.41, 5.74) is 6.48. The maximum Gasteiger partial charge on any atom is 0.251 e. The Hall–Kier alpha value is -3.91. The van der Waals surface area contributed by atoms with Crippen LogP contribution in [0.1, 0.15) is 63.4 Å². The lowest BCUT2D eigenvalue weighted by molar-refractivity contribution is 0.0983. The number of rotatable bonds is 6. The Kier molecular flexibility index (Phi) is 6.02. The zero-order chi connectivity index (χ0) is 23.7. The van der Waals surface area contributed by atoms with Crippen molar-refractivity contribution in [2.24, 2.45) is 0 Å². The molecule has 0 saturated heterocycles. The monoisotopic (exact) mass is 437 g/mol. The summed E-state index contributed by atoms with van der Waals surface area (Å²) in [5.74, 6) is 0.0276. The topological polar surface area (TPSA) is 78.7 Å². The van der Waals surface area contributed by atoms with Crippen molar-refractivity contribution in [1.29, 1.82) is 5.26 Å². The van der Waals surface area contributed by atoms with E-state index in [-0.39, 0.29) is 23.8 Å². The highest BCUT2D eigenvalue weighted by Gasteiger charge is 2.23. The van der Waals surface area contributed by atoms with Gasteiger partial charge in [0.05, 0.1) is 17.7 Å². The van der Waals surface area contributed by atoms with Gasteiger partial charge >= 0.3 is 0 Å². The third-order valence-electron chi connectivity index (χ3n) is 6.42. The molecule has 2 heterocycles. The van der Waals surface area contributed by atoms with Crippen LogP contribution in [0.15, 0.2) is 59.4 Å². The fraction of sp³-hybridized carbons (Fsp3) is 0.250. The largest absolute Gasteiger partial charge is 0.337 e. The molecule has 4 aromatic rings. The number of nitrogens with zero attached hydrogens (tertiary/aromatic N) is 2. The first kappa shape index (κ1) is 22.3. The van der Waals surface area contributed by atoms with Crippen LogP contribution in [0.2, 0.25) is 0 Å². The number of aromatic amines is 1. The molecule has 0 aliphatic carbocycles. The van der Waals surface area contributed by atoms with Crippen molar-refractivity contribution < 1.29 is 4.79 Å². The van der Waals surface area contributed by atoms with E-state index in [9.17, 15) is 14.9 Å². The van der Waals surface area contributed by atoms with Crippen molar-refractivity contribution in [3.8, 4) is 6.07 Å². The van der Waals surface area contributed by atoms with E-state index in [0.717, 1.165) is 33.4 Å². The van der Waals surface area contributed by atoms with E-state index in [1.165, 1.54) is 0 Å². The van der Waals surface area contributed by atoms with E-state index in [2.05, 4.69) is 22.5 Å². The molecule has 1 atom stereocenters. The van der Waals surface area contributed by atoms with Gasteiger partial charge in [0.2, 0.25) is 0 Å². The number of fused-ring (bicyclic) bond motifs is 1. The number of hydrogen-bond acceptors (Lipinski definition) is 3. The molecule has 0 fully saturated rings. The minimum Gasteiger partial charge on any atom is -0.337 e. The summed E-state index contributed by atoms with van der Waals surface area (Å²) in [5, 5.41) is 10.2. The van der Waals surface area contributed by atoms with Gasteiger partial charge in [-0.25, -0.2) is 0 Å². The number of para-hydroxylation sites is 1. The van der Waals surface area contributed by atoms with Gasteiger partial charge in [0.25, 0.3) is 5.56 Å². The summed E-state index contributed by atoms with van der Waals surface area (Å²) in [4.78, 5) is 28.7. The quantitative estimate of drug-likeness (QED) is 0.402. The summed E-state index contributed by atoms with van der Waals surface area (Å²) in [6, 6.07) is 19.6. The molecule has 4 rings (SSSR count). The second-order valence-corrected chi connectivity index (χ2v) is 8.63. The number of benzene rings is 2. The molecule has 166 valence electrons. The molecule has 33 heavy (non-hydrogen) atoms. The molecule has 5 nitrogen and oxygen atoms in total. The van der Waals surface area contributed by atoms with E-state index in [4.69, 9.17) is 0 Å². The second-order valence-electron chi connectivity index (χ2n) is 8.63. The molecule has 0 saturated carbocycles. The summed E-state index contributed by atoms with van der Waals surface area (Å²) in [6.45, 7) is 7.83. The number of aromatic nitrogens is 2. The standard InChI is InChI=1S/C28H27N3O2/c1-17-14-18(2)30-28(33)23(17)12-13-26(32)27-20(4)31(25-11-6-5-10-24(25)27)19(3)22-9-7-8-21(15-22)16-29/h5-11,14-15,19H,12-13H2,1-4H3,(H,30,33). The smallest absolute Gasteiger partial charge is 0.251 e. The molecule has 0 aliphatic rings. The Morgan fingerprint density at radius 2 is 1.85 bits per heavy atom. The van der Waals surface area contributed by atoms with Gasteiger partial charge in [0, 0.05) is 39.8 Å². The van der Waals surface area contributed by atoms with E-state index in [1.807, 2.05) is 69.3 Å².